The zero-order valence-corrected chi connectivity index (χ0v) is 17.8. The number of aromatic nitrogens is 3. The van der Waals surface area contributed by atoms with Gasteiger partial charge >= 0.3 is 6.03 Å². The molecule has 0 aliphatic heterocycles. The third-order valence-electron chi connectivity index (χ3n) is 4.39. The first-order valence-electron chi connectivity index (χ1n) is 9.80. The predicted molar refractivity (Wildman–Crippen MR) is 119 cm³/mol. The minimum absolute atomic E-state index is 0.00945. The third kappa shape index (κ3) is 6.13. The van der Waals surface area contributed by atoms with Gasteiger partial charge in [-0.15, -0.1) is 0 Å². The summed E-state index contributed by atoms with van der Waals surface area (Å²) in [4.78, 5) is 27.5. The molecule has 1 atom stereocenters. The van der Waals surface area contributed by atoms with Gasteiger partial charge in [0.05, 0.1) is 19.4 Å². The highest BCUT2D eigenvalue weighted by Gasteiger charge is 2.20. The summed E-state index contributed by atoms with van der Waals surface area (Å²) in [5, 5.41) is 6.10. The van der Waals surface area contributed by atoms with E-state index in [1.54, 1.807) is 63.1 Å². The van der Waals surface area contributed by atoms with Gasteiger partial charge in [-0.05, 0) is 48.9 Å². The Morgan fingerprint density at radius 3 is 2.48 bits per heavy atom. The average Bonchev–Trinajstić information content (AvgIpc) is 2.79. The SMILES string of the molecule is COC[C@H](C)Nc1nccc(N(C(=O)NCc2ccncc2)c2ccc(OC)cc2)n1. The zero-order valence-electron chi connectivity index (χ0n) is 17.8. The standard InChI is InChI=1S/C22H26N6O3/c1-16(15-30-2)26-21-24-13-10-20(27-21)28(18-4-6-19(31-3)7-5-18)22(29)25-14-17-8-11-23-12-9-17/h4-13,16H,14-15H2,1-3H3,(H,25,29)(H,24,26,27)/t16-/m0/s1. The van der Waals surface area contributed by atoms with Crippen LogP contribution in [-0.2, 0) is 11.3 Å². The van der Waals surface area contributed by atoms with E-state index in [9.17, 15) is 4.79 Å². The first-order chi connectivity index (χ1) is 15.1. The molecule has 0 saturated carbocycles. The van der Waals surface area contributed by atoms with Crippen LogP contribution >= 0.6 is 0 Å². The molecule has 0 aliphatic carbocycles. The van der Waals surface area contributed by atoms with Crippen LogP contribution in [0.1, 0.15) is 12.5 Å². The second-order valence-corrected chi connectivity index (χ2v) is 6.79. The van der Waals surface area contributed by atoms with E-state index in [0.29, 0.717) is 36.4 Å². The van der Waals surface area contributed by atoms with Crippen LogP contribution < -0.4 is 20.3 Å². The Hall–Kier alpha value is -3.72. The van der Waals surface area contributed by atoms with Crippen molar-refractivity contribution in [1.82, 2.24) is 20.3 Å². The lowest BCUT2D eigenvalue weighted by Gasteiger charge is -2.23. The molecule has 2 aromatic heterocycles. The van der Waals surface area contributed by atoms with E-state index in [1.807, 2.05) is 19.1 Å². The van der Waals surface area contributed by atoms with Gasteiger partial charge in [0.15, 0.2) is 0 Å². The number of hydrogen-bond donors (Lipinski definition) is 2. The normalized spacial score (nSPS) is 11.5. The summed E-state index contributed by atoms with van der Waals surface area (Å²) in [6, 6.07) is 12.2. The van der Waals surface area contributed by atoms with Gasteiger partial charge in [-0.1, -0.05) is 0 Å². The van der Waals surface area contributed by atoms with Gasteiger partial charge in [-0.3, -0.25) is 4.98 Å². The lowest BCUT2D eigenvalue weighted by atomic mass is 10.2. The maximum Gasteiger partial charge on any atom is 0.327 e. The van der Waals surface area contributed by atoms with E-state index in [4.69, 9.17) is 9.47 Å². The van der Waals surface area contributed by atoms with Crippen molar-refractivity contribution in [2.45, 2.75) is 19.5 Å². The number of benzene rings is 1. The molecule has 0 fully saturated rings. The number of rotatable bonds is 9. The second-order valence-electron chi connectivity index (χ2n) is 6.79. The molecule has 2 N–H and O–H groups in total. The Kier molecular flexibility index (Phi) is 7.72. The molecule has 0 aliphatic rings. The number of amides is 2. The van der Waals surface area contributed by atoms with Gasteiger partial charge in [0.25, 0.3) is 0 Å². The zero-order chi connectivity index (χ0) is 22.1. The van der Waals surface area contributed by atoms with Crippen molar-refractivity contribution >= 4 is 23.5 Å². The van der Waals surface area contributed by atoms with Crippen LogP contribution in [0, 0.1) is 0 Å². The maximum absolute atomic E-state index is 13.2. The van der Waals surface area contributed by atoms with Crippen molar-refractivity contribution in [2.75, 3.05) is 31.0 Å². The molecule has 0 unspecified atom stereocenters. The summed E-state index contributed by atoms with van der Waals surface area (Å²) in [6.45, 7) is 2.82. The monoisotopic (exact) mass is 422 g/mol. The Morgan fingerprint density at radius 2 is 1.81 bits per heavy atom. The molecule has 3 aromatic rings. The fourth-order valence-corrected chi connectivity index (χ4v) is 2.90. The van der Waals surface area contributed by atoms with E-state index in [-0.39, 0.29) is 12.1 Å². The van der Waals surface area contributed by atoms with Gasteiger partial charge < -0.3 is 20.1 Å². The minimum atomic E-state index is -0.323. The van der Waals surface area contributed by atoms with Crippen LogP contribution in [0.3, 0.4) is 0 Å². The van der Waals surface area contributed by atoms with Crippen molar-refractivity contribution in [3.05, 3.63) is 66.6 Å². The molecule has 0 bridgehead atoms. The van der Waals surface area contributed by atoms with Crippen molar-refractivity contribution in [1.29, 1.82) is 0 Å². The number of nitrogens with one attached hydrogen (secondary N) is 2. The average molecular weight is 422 g/mol. The quantitative estimate of drug-likeness (QED) is 0.545. The van der Waals surface area contributed by atoms with Gasteiger partial charge in [0.1, 0.15) is 11.6 Å². The molecular formula is C22H26N6O3. The van der Waals surface area contributed by atoms with Crippen molar-refractivity contribution < 1.29 is 14.3 Å². The second kappa shape index (κ2) is 10.9. The Morgan fingerprint density at radius 1 is 1.06 bits per heavy atom. The topological polar surface area (TPSA) is 102 Å². The van der Waals surface area contributed by atoms with Crippen LogP contribution in [0.5, 0.6) is 5.75 Å². The van der Waals surface area contributed by atoms with E-state index < -0.39 is 0 Å². The molecule has 9 heteroatoms. The predicted octanol–water partition coefficient (Wildman–Crippen LogP) is 3.37. The lowest BCUT2D eigenvalue weighted by Crippen LogP contribution is -2.37. The first-order valence-corrected chi connectivity index (χ1v) is 9.80. The summed E-state index contributed by atoms with van der Waals surface area (Å²) in [5.41, 5.74) is 1.58. The van der Waals surface area contributed by atoms with Gasteiger partial charge in [-0.25, -0.2) is 14.7 Å². The molecule has 162 valence electrons. The largest absolute Gasteiger partial charge is 0.497 e. The van der Waals surface area contributed by atoms with Crippen LogP contribution in [0.15, 0.2) is 61.1 Å². The van der Waals surface area contributed by atoms with Crippen LogP contribution in [0.2, 0.25) is 0 Å². The van der Waals surface area contributed by atoms with Crippen molar-refractivity contribution in [3.8, 4) is 5.75 Å². The van der Waals surface area contributed by atoms with E-state index in [2.05, 4.69) is 25.6 Å². The Balaban J connectivity index is 1.87. The fourth-order valence-electron chi connectivity index (χ4n) is 2.90. The summed E-state index contributed by atoms with van der Waals surface area (Å²) in [6.07, 6.45) is 4.98. The van der Waals surface area contributed by atoms with Crippen LogP contribution in [0.4, 0.5) is 22.2 Å². The summed E-state index contributed by atoms with van der Waals surface area (Å²) >= 11 is 0. The summed E-state index contributed by atoms with van der Waals surface area (Å²) in [7, 11) is 3.23. The highest BCUT2D eigenvalue weighted by Crippen LogP contribution is 2.26. The van der Waals surface area contributed by atoms with Crippen LogP contribution in [0.25, 0.3) is 0 Å². The van der Waals surface area contributed by atoms with Gasteiger partial charge in [0.2, 0.25) is 5.95 Å². The van der Waals surface area contributed by atoms with Crippen molar-refractivity contribution in [3.63, 3.8) is 0 Å². The molecular weight excluding hydrogens is 396 g/mol. The third-order valence-corrected chi connectivity index (χ3v) is 4.39. The molecule has 0 saturated heterocycles. The molecule has 0 radical (unpaired) electrons. The number of ether oxygens (including phenoxy) is 2. The molecule has 2 heterocycles. The molecule has 31 heavy (non-hydrogen) atoms. The van der Waals surface area contributed by atoms with Gasteiger partial charge in [-0.2, -0.15) is 4.98 Å². The first kappa shape index (κ1) is 22.0. The highest BCUT2D eigenvalue weighted by molar-refractivity contribution is 5.98. The lowest BCUT2D eigenvalue weighted by molar-refractivity contribution is 0.190. The number of methoxy groups -OCH3 is 2. The smallest absolute Gasteiger partial charge is 0.327 e. The molecule has 1 aromatic carbocycles. The number of hydrogen-bond acceptors (Lipinski definition) is 7. The summed E-state index contributed by atoms with van der Waals surface area (Å²) in [5.74, 6) is 1.53. The maximum atomic E-state index is 13.2. The van der Waals surface area contributed by atoms with E-state index in [0.717, 1.165) is 5.56 Å². The molecule has 9 nitrogen and oxygen atoms in total. The van der Waals surface area contributed by atoms with E-state index in [1.165, 1.54) is 4.90 Å². The molecule has 2 amide bonds. The van der Waals surface area contributed by atoms with Crippen LogP contribution in [-0.4, -0.2) is 47.9 Å². The number of anilines is 3. The minimum Gasteiger partial charge on any atom is -0.497 e. The Labute approximate surface area is 181 Å². The number of pyridine rings is 1. The Bertz CT molecular complexity index is 968. The van der Waals surface area contributed by atoms with Crippen molar-refractivity contribution in [2.24, 2.45) is 0 Å². The van der Waals surface area contributed by atoms with Gasteiger partial charge in [0, 0.05) is 44.4 Å². The highest BCUT2D eigenvalue weighted by atomic mass is 16.5. The fraction of sp³-hybridized carbons (Fsp3) is 0.273. The number of urea groups is 1. The molecule has 0 spiro atoms. The summed E-state index contributed by atoms with van der Waals surface area (Å²) < 4.78 is 10.4. The molecule has 3 rings (SSSR count). The van der Waals surface area contributed by atoms with E-state index >= 15 is 0 Å². The number of carbonyl (C=O) groups excluding carboxylic acids is 1. The number of nitrogens with zero attached hydrogens (tertiary/aromatic N) is 4. The number of carbonyl (C=O) groups is 1.